The summed E-state index contributed by atoms with van der Waals surface area (Å²) in [6.07, 6.45) is 1.54. The van der Waals surface area contributed by atoms with Crippen molar-refractivity contribution in [3.8, 4) is 0 Å². The third kappa shape index (κ3) is 2.06. The van der Waals surface area contributed by atoms with Gasteiger partial charge in [-0.2, -0.15) is 5.10 Å². The molecular formula is C7H9N3O4. The van der Waals surface area contributed by atoms with Crippen molar-refractivity contribution >= 4 is 11.7 Å². The molecule has 1 aromatic heterocycles. The van der Waals surface area contributed by atoms with Crippen LogP contribution in [0.2, 0.25) is 0 Å². The van der Waals surface area contributed by atoms with E-state index in [0.717, 1.165) is 10.9 Å². The molecule has 1 aromatic rings. The van der Waals surface area contributed by atoms with Crippen molar-refractivity contribution in [3.63, 3.8) is 0 Å². The Labute approximate surface area is 79.1 Å². The number of carboxylic acids is 1. The summed E-state index contributed by atoms with van der Waals surface area (Å²) in [5.41, 5.74) is 0.171. The van der Waals surface area contributed by atoms with E-state index >= 15 is 0 Å². The van der Waals surface area contributed by atoms with Gasteiger partial charge in [0.2, 0.25) is 0 Å². The molecule has 0 amide bonds. The van der Waals surface area contributed by atoms with Crippen LogP contribution in [-0.4, -0.2) is 25.8 Å². The highest BCUT2D eigenvalue weighted by atomic mass is 16.6. The second-order valence-corrected chi connectivity index (χ2v) is 2.66. The average Bonchev–Trinajstić information content (AvgIpc) is 2.46. The van der Waals surface area contributed by atoms with Crippen LogP contribution in [0, 0.1) is 10.1 Å². The molecule has 0 unspecified atom stereocenters. The molecule has 0 saturated carbocycles. The van der Waals surface area contributed by atoms with E-state index < -0.39 is 10.9 Å². The first-order chi connectivity index (χ1) is 6.54. The third-order valence-electron chi connectivity index (χ3n) is 1.64. The Bertz CT molecular complexity index is 371. The number of aliphatic carboxylic acids is 1. The molecule has 0 saturated heterocycles. The number of carbonyl (C=O) groups is 1. The maximum atomic E-state index is 10.5. The molecule has 0 aliphatic rings. The first-order valence-corrected chi connectivity index (χ1v) is 3.97. The van der Waals surface area contributed by atoms with Crippen molar-refractivity contribution in [2.24, 2.45) is 0 Å². The molecule has 7 heteroatoms. The van der Waals surface area contributed by atoms with E-state index in [0.29, 0.717) is 12.1 Å². The van der Waals surface area contributed by atoms with E-state index in [4.69, 9.17) is 5.11 Å². The lowest BCUT2D eigenvalue weighted by molar-refractivity contribution is -0.385. The average molecular weight is 199 g/mol. The van der Waals surface area contributed by atoms with Crippen LogP contribution in [0.25, 0.3) is 0 Å². The fraction of sp³-hybridized carbons (Fsp3) is 0.429. The Morgan fingerprint density at radius 1 is 1.79 bits per heavy atom. The third-order valence-corrected chi connectivity index (χ3v) is 1.64. The van der Waals surface area contributed by atoms with Crippen molar-refractivity contribution in [1.82, 2.24) is 9.78 Å². The highest BCUT2D eigenvalue weighted by molar-refractivity contribution is 5.66. The topological polar surface area (TPSA) is 98.3 Å². The van der Waals surface area contributed by atoms with Crippen molar-refractivity contribution in [2.75, 3.05) is 0 Å². The van der Waals surface area contributed by atoms with Gasteiger partial charge in [-0.15, -0.1) is 0 Å². The van der Waals surface area contributed by atoms with Gasteiger partial charge < -0.3 is 5.11 Å². The van der Waals surface area contributed by atoms with Gasteiger partial charge in [-0.1, -0.05) is 6.92 Å². The molecule has 0 atom stereocenters. The number of carboxylic acid groups (broad SMARTS) is 1. The first-order valence-electron chi connectivity index (χ1n) is 3.97. The normalized spacial score (nSPS) is 10.1. The molecule has 14 heavy (non-hydrogen) atoms. The quantitative estimate of drug-likeness (QED) is 0.560. The standard InChI is InChI=1S/C7H9N3O4/c1-2-5-6(10(13)14)3-9(8-5)4-7(11)12/h3H,2,4H2,1H3,(H,11,12). The molecule has 0 aromatic carbocycles. The summed E-state index contributed by atoms with van der Waals surface area (Å²) in [6.45, 7) is 1.36. The highest BCUT2D eigenvalue weighted by Crippen LogP contribution is 2.16. The van der Waals surface area contributed by atoms with E-state index in [1.807, 2.05) is 0 Å². The van der Waals surface area contributed by atoms with Crippen molar-refractivity contribution in [3.05, 3.63) is 22.0 Å². The number of aryl methyl sites for hydroxylation is 1. The Morgan fingerprint density at radius 2 is 2.43 bits per heavy atom. The minimum atomic E-state index is -1.08. The zero-order valence-corrected chi connectivity index (χ0v) is 7.51. The lowest BCUT2D eigenvalue weighted by Crippen LogP contribution is -2.09. The second kappa shape index (κ2) is 3.86. The summed E-state index contributed by atoms with van der Waals surface area (Å²) in [4.78, 5) is 20.2. The molecule has 0 aliphatic carbocycles. The number of rotatable bonds is 4. The molecule has 1 rings (SSSR count). The second-order valence-electron chi connectivity index (χ2n) is 2.66. The van der Waals surface area contributed by atoms with Gasteiger partial charge >= 0.3 is 11.7 Å². The van der Waals surface area contributed by atoms with E-state index in [1.165, 1.54) is 0 Å². The predicted octanol–water partition coefficient (Wildman–Crippen LogP) is 0.438. The SMILES string of the molecule is CCc1nn(CC(=O)O)cc1[N+](=O)[O-]. The van der Waals surface area contributed by atoms with Gasteiger partial charge in [-0.25, -0.2) is 0 Å². The molecule has 76 valence electrons. The number of hydrogen-bond donors (Lipinski definition) is 1. The summed E-state index contributed by atoms with van der Waals surface area (Å²) >= 11 is 0. The summed E-state index contributed by atoms with van der Waals surface area (Å²) in [5.74, 6) is -1.08. The van der Waals surface area contributed by atoms with Gasteiger partial charge in [-0.05, 0) is 6.42 Å². The van der Waals surface area contributed by atoms with Crippen molar-refractivity contribution in [2.45, 2.75) is 19.9 Å². The summed E-state index contributed by atoms with van der Waals surface area (Å²) in [5, 5.41) is 22.7. The molecular weight excluding hydrogens is 190 g/mol. The fourth-order valence-electron chi connectivity index (χ4n) is 1.07. The lowest BCUT2D eigenvalue weighted by atomic mass is 10.3. The number of aromatic nitrogens is 2. The van der Waals surface area contributed by atoms with Crippen LogP contribution in [0.15, 0.2) is 6.20 Å². The summed E-state index contributed by atoms with van der Waals surface area (Å²) in [7, 11) is 0. The maximum Gasteiger partial charge on any atom is 0.325 e. The van der Waals surface area contributed by atoms with Crippen LogP contribution in [0.5, 0.6) is 0 Å². The minimum absolute atomic E-state index is 0.131. The Morgan fingerprint density at radius 3 is 2.79 bits per heavy atom. The molecule has 0 fully saturated rings. The van der Waals surface area contributed by atoms with Gasteiger partial charge in [0.05, 0.1) is 4.92 Å². The fourth-order valence-corrected chi connectivity index (χ4v) is 1.07. The van der Waals surface area contributed by atoms with Crippen molar-refractivity contribution in [1.29, 1.82) is 0 Å². The van der Waals surface area contributed by atoms with Gasteiger partial charge in [0, 0.05) is 0 Å². The molecule has 0 aliphatic heterocycles. The largest absolute Gasteiger partial charge is 0.480 e. The summed E-state index contributed by atoms with van der Waals surface area (Å²) in [6, 6.07) is 0. The van der Waals surface area contributed by atoms with E-state index in [-0.39, 0.29) is 12.2 Å². The monoisotopic (exact) mass is 199 g/mol. The Hall–Kier alpha value is -1.92. The Balaban J connectivity index is 3.00. The maximum absolute atomic E-state index is 10.5. The van der Waals surface area contributed by atoms with Crippen molar-refractivity contribution < 1.29 is 14.8 Å². The Kier molecular flexibility index (Phi) is 2.80. The van der Waals surface area contributed by atoms with Crippen LogP contribution in [-0.2, 0) is 17.8 Å². The molecule has 0 radical (unpaired) electrons. The van der Waals surface area contributed by atoms with E-state index in [9.17, 15) is 14.9 Å². The van der Waals surface area contributed by atoms with Crippen LogP contribution in [0.4, 0.5) is 5.69 Å². The van der Waals surface area contributed by atoms with Crippen LogP contribution in [0.3, 0.4) is 0 Å². The van der Waals surface area contributed by atoms with Crippen LogP contribution >= 0.6 is 0 Å². The molecule has 0 spiro atoms. The van der Waals surface area contributed by atoms with Gasteiger partial charge in [0.25, 0.3) is 0 Å². The summed E-state index contributed by atoms with van der Waals surface area (Å²) < 4.78 is 1.05. The first kappa shape index (κ1) is 10.2. The highest BCUT2D eigenvalue weighted by Gasteiger charge is 2.18. The van der Waals surface area contributed by atoms with Gasteiger partial charge in [0.15, 0.2) is 0 Å². The molecule has 7 nitrogen and oxygen atoms in total. The number of hydrogen-bond acceptors (Lipinski definition) is 4. The van der Waals surface area contributed by atoms with E-state index in [1.54, 1.807) is 6.92 Å². The van der Waals surface area contributed by atoms with Crippen LogP contribution < -0.4 is 0 Å². The number of nitrogens with zero attached hydrogens (tertiary/aromatic N) is 3. The van der Waals surface area contributed by atoms with Gasteiger partial charge in [0.1, 0.15) is 18.4 Å². The minimum Gasteiger partial charge on any atom is -0.480 e. The number of nitro groups is 1. The predicted molar refractivity (Wildman–Crippen MR) is 45.9 cm³/mol. The van der Waals surface area contributed by atoms with Crippen LogP contribution in [0.1, 0.15) is 12.6 Å². The zero-order valence-electron chi connectivity index (χ0n) is 7.51. The molecule has 1 heterocycles. The smallest absolute Gasteiger partial charge is 0.325 e. The molecule has 1 N–H and O–H groups in total. The lowest BCUT2D eigenvalue weighted by Gasteiger charge is -1.92. The van der Waals surface area contributed by atoms with Gasteiger partial charge in [-0.3, -0.25) is 19.6 Å². The zero-order chi connectivity index (χ0) is 10.7. The van der Waals surface area contributed by atoms with E-state index in [2.05, 4.69) is 5.10 Å². The molecule has 0 bridgehead atoms.